The summed E-state index contributed by atoms with van der Waals surface area (Å²) in [6.45, 7) is 6.36. The van der Waals surface area contributed by atoms with Crippen LogP contribution in [0, 0.1) is 11.3 Å². The average molecular weight is 413 g/mol. The van der Waals surface area contributed by atoms with Crippen LogP contribution in [-0.2, 0) is 11.2 Å². The third-order valence-corrected chi connectivity index (χ3v) is 7.84. The van der Waals surface area contributed by atoms with E-state index < -0.39 is 6.10 Å². The van der Waals surface area contributed by atoms with E-state index >= 15 is 0 Å². The van der Waals surface area contributed by atoms with E-state index in [1.54, 1.807) is 0 Å². The van der Waals surface area contributed by atoms with Crippen LogP contribution in [0.15, 0.2) is 24.3 Å². The van der Waals surface area contributed by atoms with Crippen molar-refractivity contribution < 1.29 is 9.53 Å². The highest BCUT2D eigenvalue weighted by Crippen LogP contribution is 2.38. The Morgan fingerprint density at radius 1 is 1.03 bits per heavy atom. The molecule has 2 aliphatic heterocycles. The third-order valence-electron chi connectivity index (χ3n) is 7.84. The quantitative estimate of drug-likeness (QED) is 0.746. The van der Waals surface area contributed by atoms with E-state index in [4.69, 9.17) is 4.74 Å². The number of nitrogens with zero attached hydrogens (tertiary/aromatic N) is 1. The van der Waals surface area contributed by atoms with Crippen LogP contribution in [0.1, 0.15) is 76.7 Å². The Labute approximate surface area is 182 Å². The molecule has 1 amide bonds. The van der Waals surface area contributed by atoms with Crippen LogP contribution in [0.5, 0.6) is 5.75 Å². The van der Waals surface area contributed by atoms with Gasteiger partial charge in [-0.05, 0) is 87.9 Å². The van der Waals surface area contributed by atoms with Crippen LogP contribution in [0.4, 0.5) is 0 Å². The lowest BCUT2D eigenvalue weighted by molar-refractivity contribution is -0.128. The van der Waals surface area contributed by atoms with E-state index in [0.29, 0.717) is 0 Å². The normalized spacial score (nSPS) is 26.7. The zero-order valence-corrected chi connectivity index (χ0v) is 18.8. The Kier molecular flexibility index (Phi) is 7.35. The van der Waals surface area contributed by atoms with Gasteiger partial charge in [0.1, 0.15) is 5.75 Å². The van der Waals surface area contributed by atoms with Crippen LogP contribution < -0.4 is 10.1 Å². The number of likely N-dealkylation sites (tertiary alicyclic amines) is 1. The van der Waals surface area contributed by atoms with Crippen LogP contribution in [-0.4, -0.2) is 43.1 Å². The van der Waals surface area contributed by atoms with Gasteiger partial charge in [0, 0.05) is 13.1 Å². The molecule has 1 aromatic rings. The number of piperidine rings is 1. The van der Waals surface area contributed by atoms with Gasteiger partial charge in [0.15, 0.2) is 6.10 Å². The number of carbonyl (C=O) groups excluding carboxylic acids is 1. The summed E-state index contributed by atoms with van der Waals surface area (Å²) in [6, 6.07) is 8.20. The van der Waals surface area contributed by atoms with Crippen molar-refractivity contribution in [2.45, 2.75) is 83.7 Å². The number of hydrogen-bond donors (Lipinski definition) is 1. The molecule has 30 heavy (non-hydrogen) atoms. The van der Waals surface area contributed by atoms with Crippen molar-refractivity contribution >= 4 is 5.91 Å². The predicted molar refractivity (Wildman–Crippen MR) is 122 cm³/mol. The lowest BCUT2D eigenvalue weighted by Gasteiger charge is -2.43. The molecule has 4 nitrogen and oxygen atoms in total. The molecule has 3 aliphatic rings. The molecule has 1 spiro atoms. The van der Waals surface area contributed by atoms with Gasteiger partial charge >= 0.3 is 0 Å². The molecule has 1 saturated carbocycles. The number of aryl methyl sites for hydroxylation is 1. The minimum atomic E-state index is -0.450. The molecule has 2 heterocycles. The average Bonchev–Trinajstić information content (AvgIpc) is 2.78. The number of para-hydroxylation sites is 1. The van der Waals surface area contributed by atoms with Gasteiger partial charge in [0.25, 0.3) is 5.91 Å². The van der Waals surface area contributed by atoms with Crippen LogP contribution >= 0.6 is 0 Å². The molecule has 166 valence electrons. The number of benzene rings is 1. The van der Waals surface area contributed by atoms with Gasteiger partial charge in [-0.3, -0.25) is 4.79 Å². The molecule has 0 bridgehead atoms. The number of nitrogens with one attached hydrogen (secondary N) is 1. The number of rotatable bonds is 2. The first-order valence-corrected chi connectivity index (χ1v) is 12.4. The van der Waals surface area contributed by atoms with Gasteiger partial charge in [0.05, 0.1) is 0 Å². The van der Waals surface area contributed by atoms with Gasteiger partial charge in [0.2, 0.25) is 0 Å². The Morgan fingerprint density at radius 2 is 1.80 bits per heavy atom. The van der Waals surface area contributed by atoms with E-state index in [-0.39, 0.29) is 11.3 Å². The Hall–Kier alpha value is -1.55. The van der Waals surface area contributed by atoms with Crippen molar-refractivity contribution in [1.29, 1.82) is 0 Å². The summed E-state index contributed by atoms with van der Waals surface area (Å²) in [6.07, 6.45) is 13.8. The molecule has 1 N–H and O–H groups in total. The van der Waals surface area contributed by atoms with Crippen LogP contribution in [0.3, 0.4) is 0 Å². The summed E-state index contributed by atoms with van der Waals surface area (Å²) >= 11 is 0. The summed E-state index contributed by atoms with van der Waals surface area (Å²) in [4.78, 5) is 15.5. The number of fused-ring (bicyclic) bond motifs is 1. The first-order valence-electron chi connectivity index (χ1n) is 12.4. The molecule has 1 atom stereocenters. The molecule has 1 saturated heterocycles. The maximum absolute atomic E-state index is 12.7. The standard InChI is InChI=1S/C26H40N2O2/c1-21-25(29)27-20-26(14-8-7-12-23-11-5-6-13-24(23)30-21)15-17-28(18-16-26)19-22-9-3-2-4-10-22/h5-6,11,13,21-22H,2-4,7-10,12,14-20H2,1H3,(H,27,29)/t21-/m1/s1. The maximum Gasteiger partial charge on any atom is 0.260 e. The second-order valence-corrected chi connectivity index (χ2v) is 10.1. The molecule has 1 aromatic carbocycles. The fraction of sp³-hybridized carbons (Fsp3) is 0.731. The minimum Gasteiger partial charge on any atom is -0.481 e. The lowest BCUT2D eigenvalue weighted by atomic mass is 9.73. The fourth-order valence-corrected chi connectivity index (χ4v) is 5.76. The van der Waals surface area contributed by atoms with Crippen LogP contribution in [0.25, 0.3) is 0 Å². The molecule has 0 aromatic heterocycles. The van der Waals surface area contributed by atoms with E-state index in [9.17, 15) is 4.79 Å². The van der Waals surface area contributed by atoms with E-state index in [1.807, 2.05) is 19.1 Å². The van der Waals surface area contributed by atoms with Gasteiger partial charge in [-0.1, -0.05) is 43.9 Å². The van der Waals surface area contributed by atoms with Crippen molar-refractivity contribution in [3.05, 3.63) is 29.8 Å². The van der Waals surface area contributed by atoms with Crippen molar-refractivity contribution in [2.24, 2.45) is 11.3 Å². The molecule has 1 aliphatic carbocycles. The summed E-state index contributed by atoms with van der Waals surface area (Å²) < 4.78 is 6.04. The topological polar surface area (TPSA) is 41.6 Å². The van der Waals surface area contributed by atoms with Crippen molar-refractivity contribution in [3.63, 3.8) is 0 Å². The largest absolute Gasteiger partial charge is 0.481 e. The minimum absolute atomic E-state index is 0.0226. The van der Waals surface area contributed by atoms with Crippen molar-refractivity contribution in [2.75, 3.05) is 26.2 Å². The maximum atomic E-state index is 12.7. The highest BCUT2D eigenvalue weighted by Gasteiger charge is 2.35. The summed E-state index contributed by atoms with van der Waals surface area (Å²) in [5, 5.41) is 3.26. The first kappa shape index (κ1) is 21.7. The summed E-state index contributed by atoms with van der Waals surface area (Å²) in [7, 11) is 0. The second-order valence-electron chi connectivity index (χ2n) is 10.1. The Bertz CT molecular complexity index is 690. The van der Waals surface area contributed by atoms with Gasteiger partial charge in [-0.15, -0.1) is 0 Å². The Morgan fingerprint density at radius 3 is 2.60 bits per heavy atom. The van der Waals surface area contributed by atoms with E-state index in [2.05, 4.69) is 22.3 Å². The molecular formula is C26H40N2O2. The lowest BCUT2D eigenvalue weighted by Crippen LogP contribution is -2.49. The van der Waals surface area contributed by atoms with Crippen LogP contribution in [0.2, 0.25) is 0 Å². The van der Waals surface area contributed by atoms with Gasteiger partial charge < -0.3 is 15.0 Å². The Balaban J connectivity index is 1.37. The molecule has 0 radical (unpaired) electrons. The zero-order chi connectivity index (χ0) is 20.8. The van der Waals surface area contributed by atoms with Crippen molar-refractivity contribution in [3.8, 4) is 5.75 Å². The highest BCUT2D eigenvalue weighted by molar-refractivity contribution is 5.80. The SMILES string of the molecule is C[C@H]1Oc2ccccc2CCCCC2(CCN(CC3CCCCC3)CC2)CNC1=O. The third kappa shape index (κ3) is 5.57. The van der Waals surface area contributed by atoms with Gasteiger partial charge in [-0.25, -0.2) is 0 Å². The number of carbonyl (C=O) groups is 1. The molecule has 4 heteroatoms. The molecule has 4 rings (SSSR count). The number of amides is 1. The molecule has 0 unspecified atom stereocenters. The fourth-order valence-electron chi connectivity index (χ4n) is 5.76. The molecule has 2 fully saturated rings. The summed E-state index contributed by atoms with van der Waals surface area (Å²) in [5.41, 5.74) is 1.49. The zero-order valence-electron chi connectivity index (χ0n) is 18.8. The smallest absolute Gasteiger partial charge is 0.260 e. The number of ether oxygens (including phenoxy) is 1. The monoisotopic (exact) mass is 412 g/mol. The molecular weight excluding hydrogens is 372 g/mol. The predicted octanol–water partition coefficient (Wildman–Crippen LogP) is 4.96. The van der Waals surface area contributed by atoms with Crippen molar-refractivity contribution in [1.82, 2.24) is 10.2 Å². The second kappa shape index (κ2) is 10.2. The van der Waals surface area contributed by atoms with E-state index in [1.165, 1.54) is 89.4 Å². The summed E-state index contributed by atoms with van der Waals surface area (Å²) in [5.74, 6) is 1.81. The van der Waals surface area contributed by atoms with Gasteiger partial charge in [-0.2, -0.15) is 0 Å². The number of hydrogen-bond acceptors (Lipinski definition) is 3. The van der Waals surface area contributed by atoms with E-state index in [0.717, 1.165) is 24.6 Å². The highest BCUT2D eigenvalue weighted by atomic mass is 16.5. The first-order chi connectivity index (χ1) is 14.6.